The third-order valence-corrected chi connectivity index (χ3v) is 4.17. The van der Waals surface area contributed by atoms with Gasteiger partial charge in [-0.25, -0.2) is 4.39 Å². The molecule has 124 valence electrons. The van der Waals surface area contributed by atoms with Crippen LogP contribution in [0.2, 0.25) is 0 Å². The van der Waals surface area contributed by atoms with Crippen LogP contribution < -0.4 is 10.1 Å². The van der Waals surface area contributed by atoms with E-state index in [1.54, 1.807) is 30.3 Å². The Morgan fingerprint density at radius 1 is 1.21 bits per heavy atom. The predicted molar refractivity (Wildman–Crippen MR) is 90.5 cm³/mol. The summed E-state index contributed by atoms with van der Waals surface area (Å²) >= 11 is 1.13. The van der Waals surface area contributed by atoms with E-state index in [-0.39, 0.29) is 24.4 Å². The van der Waals surface area contributed by atoms with Crippen LogP contribution >= 0.6 is 11.7 Å². The van der Waals surface area contributed by atoms with Crippen molar-refractivity contribution in [2.24, 2.45) is 0 Å². The number of aromatic nitrogens is 2. The number of hydrogen-bond acceptors (Lipinski definition) is 5. The second-order valence-electron chi connectivity index (χ2n) is 5.28. The molecule has 1 N–H and O–H groups in total. The van der Waals surface area contributed by atoms with Crippen molar-refractivity contribution in [3.05, 3.63) is 53.8 Å². The minimum Gasteiger partial charge on any atom is -0.484 e. The molecule has 7 heteroatoms. The Kier molecular flexibility index (Phi) is 5.00. The van der Waals surface area contributed by atoms with E-state index in [0.29, 0.717) is 12.2 Å². The standard InChI is InChI=1S/C17H16FN3O2S/c1-2-14(11-3-5-12(18)6-4-11)19-17(22)10-23-13-7-8-15-16(9-13)21-24-20-15/h3-9,14H,2,10H2,1H3,(H,19,22). The lowest BCUT2D eigenvalue weighted by molar-refractivity contribution is -0.123. The van der Waals surface area contributed by atoms with Crippen molar-refractivity contribution in [2.45, 2.75) is 19.4 Å². The van der Waals surface area contributed by atoms with Crippen LogP contribution in [0.5, 0.6) is 5.75 Å². The topological polar surface area (TPSA) is 64.1 Å². The number of hydrogen-bond donors (Lipinski definition) is 1. The molecule has 3 rings (SSSR count). The molecule has 0 spiro atoms. The average molecular weight is 345 g/mol. The molecule has 0 fully saturated rings. The molecule has 1 atom stereocenters. The molecule has 0 saturated carbocycles. The molecule has 0 aliphatic heterocycles. The Balaban J connectivity index is 1.58. The SMILES string of the molecule is CCC(NC(=O)COc1ccc2nsnc2c1)c1ccc(F)cc1. The summed E-state index contributed by atoms with van der Waals surface area (Å²) in [6.45, 7) is 1.86. The van der Waals surface area contributed by atoms with Crippen molar-refractivity contribution in [3.63, 3.8) is 0 Å². The Bertz CT molecular complexity index is 835. The number of benzene rings is 2. The van der Waals surface area contributed by atoms with Crippen LogP contribution in [0, 0.1) is 5.82 Å². The summed E-state index contributed by atoms with van der Waals surface area (Å²) < 4.78 is 26.8. The number of nitrogens with one attached hydrogen (secondary N) is 1. The number of ether oxygens (including phenoxy) is 1. The molecule has 3 aromatic rings. The highest BCUT2D eigenvalue weighted by Crippen LogP contribution is 2.19. The van der Waals surface area contributed by atoms with Gasteiger partial charge in [0.25, 0.3) is 5.91 Å². The second kappa shape index (κ2) is 7.35. The lowest BCUT2D eigenvalue weighted by Crippen LogP contribution is -2.32. The largest absolute Gasteiger partial charge is 0.484 e. The number of fused-ring (bicyclic) bond motifs is 1. The molecular formula is C17H16FN3O2S. The number of carbonyl (C=O) groups is 1. The van der Waals surface area contributed by atoms with Crippen LogP contribution in [0.4, 0.5) is 4.39 Å². The zero-order valence-electron chi connectivity index (χ0n) is 13.0. The molecule has 0 aliphatic carbocycles. The van der Waals surface area contributed by atoms with Crippen LogP contribution in [0.15, 0.2) is 42.5 Å². The van der Waals surface area contributed by atoms with Gasteiger partial charge in [-0.1, -0.05) is 19.1 Å². The summed E-state index contributed by atoms with van der Waals surface area (Å²) in [5.41, 5.74) is 2.41. The quantitative estimate of drug-likeness (QED) is 0.743. The van der Waals surface area contributed by atoms with Gasteiger partial charge in [0.1, 0.15) is 22.6 Å². The molecule has 0 radical (unpaired) electrons. The highest BCUT2D eigenvalue weighted by Gasteiger charge is 2.13. The zero-order valence-corrected chi connectivity index (χ0v) is 13.8. The van der Waals surface area contributed by atoms with E-state index in [0.717, 1.165) is 28.3 Å². The van der Waals surface area contributed by atoms with E-state index in [4.69, 9.17) is 4.74 Å². The Morgan fingerprint density at radius 2 is 1.96 bits per heavy atom. The fraction of sp³-hybridized carbons (Fsp3) is 0.235. The lowest BCUT2D eigenvalue weighted by Gasteiger charge is -2.17. The van der Waals surface area contributed by atoms with Gasteiger partial charge in [0.15, 0.2) is 6.61 Å². The Hall–Kier alpha value is -2.54. The van der Waals surface area contributed by atoms with Crippen molar-refractivity contribution < 1.29 is 13.9 Å². The number of nitrogens with zero attached hydrogens (tertiary/aromatic N) is 2. The highest BCUT2D eigenvalue weighted by atomic mass is 32.1. The molecule has 1 heterocycles. The zero-order chi connectivity index (χ0) is 16.9. The van der Waals surface area contributed by atoms with Crippen LogP contribution in [0.25, 0.3) is 11.0 Å². The Morgan fingerprint density at radius 3 is 2.71 bits per heavy atom. The van der Waals surface area contributed by atoms with Crippen molar-refractivity contribution in [1.82, 2.24) is 14.1 Å². The molecule has 2 aromatic carbocycles. The van der Waals surface area contributed by atoms with Crippen LogP contribution in [-0.2, 0) is 4.79 Å². The molecule has 1 unspecified atom stereocenters. The summed E-state index contributed by atoms with van der Waals surface area (Å²) in [7, 11) is 0. The fourth-order valence-corrected chi connectivity index (χ4v) is 2.87. The monoisotopic (exact) mass is 345 g/mol. The van der Waals surface area contributed by atoms with Crippen LogP contribution in [-0.4, -0.2) is 21.3 Å². The Labute approximate surface area is 142 Å². The molecule has 0 saturated heterocycles. The molecule has 24 heavy (non-hydrogen) atoms. The van der Waals surface area contributed by atoms with Crippen LogP contribution in [0.3, 0.4) is 0 Å². The van der Waals surface area contributed by atoms with Crippen LogP contribution in [0.1, 0.15) is 24.9 Å². The van der Waals surface area contributed by atoms with E-state index in [1.165, 1.54) is 12.1 Å². The summed E-state index contributed by atoms with van der Waals surface area (Å²) in [5, 5.41) is 2.89. The number of amides is 1. The van der Waals surface area contributed by atoms with E-state index < -0.39 is 0 Å². The van der Waals surface area contributed by atoms with Crippen molar-refractivity contribution in [3.8, 4) is 5.75 Å². The first kappa shape index (κ1) is 16.3. The van der Waals surface area contributed by atoms with Gasteiger partial charge >= 0.3 is 0 Å². The summed E-state index contributed by atoms with van der Waals surface area (Å²) in [6, 6.07) is 11.3. The first-order chi connectivity index (χ1) is 11.7. The first-order valence-electron chi connectivity index (χ1n) is 7.55. The highest BCUT2D eigenvalue weighted by molar-refractivity contribution is 7.00. The fourth-order valence-electron chi connectivity index (χ4n) is 2.35. The maximum absolute atomic E-state index is 13.0. The lowest BCUT2D eigenvalue weighted by atomic mass is 10.0. The van der Waals surface area contributed by atoms with Gasteiger partial charge < -0.3 is 10.1 Å². The third-order valence-electron chi connectivity index (χ3n) is 3.61. The first-order valence-corrected chi connectivity index (χ1v) is 8.28. The third kappa shape index (κ3) is 3.86. The number of halogens is 1. The summed E-state index contributed by atoms with van der Waals surface area (Å²) in [4.78, 5) is 12.1. The second-order valence-corrected chi connectivity index (χ2v) is 5.81. The average Bonchev–Trinajstić information content (AvgIpc) is 3.06. The summed E-state index contributed by atoms with van der Waals surface area (Å²) in [5.74, 6) is 0.0399. The summed E-state index contributed by atoms with van der Waals surface area (Å²) in [6.07, 6.45) is 0.702. The van der Waals surface area contributed by atoms with E-state index in [2.05, 4.69) is 14.1 Å². The minimum absolute atomic E-state index is 0.0965. The predicted octanol–water partition coefficient (Wildman–Crippen LogP) is 3.48. The van der Waals surface area contributed by atoms with Gasteiger partial charge in [-0.15, -0.1) is 0 Å². The molecule has 5 nitrogen and oxygen atoms in total. The minimum atomic E-state index is -0.296. The molecule has 0 bridgehead atoms. The van der Waals surface area contributed by atoms with Gasteiger partial charge in [0, 0.05) is 6.07 Å². The molecule has 1 amide bonds. The van der Waals surface area contributed by atoms with Crippen molar-refractivity contribution >= 4 is 28.7 Å². The maximum atomic E-state index is 13.0. The van der Waals surface area contributed by atoms with Gasteiger partial charge in [0.2, 0.25) is 0 Å². The van der Waals surface area contributed by atoms with Crippen molar-refractivity contribution in [2.75, 3.05) is 6.61 Å². The molecule has 1 aromatic heterocycles. The van der Waals surface area contributed by atoms with Gasteiger partial charge in [-0.3, -0.25) is 4.79 Å². The van der Waals surface area contributed by atoms with E-state index in [1.807, 2.05) is 6.92 Å². The number of carbonyl (C=O) groups excluding carboxylic acids is 1. The van der Waals surface area contributed by atoms with Gasteiger partial charge in [0.05, 0.1) is 17.8 Å². The maximum Gasteiger partial charge on any atom is 0.258 e. The number of rotatable bonds is 6. The smallest absolute Gasteiger partial charge is 0.258 e. The van der Waals surface area contributed by atoms with E-state index in [9.17, 15) is 9.18 Å². The van der Waals surface area contributed by atoms with E-state index >= 15 is 0 Å². The molecule has 0 aliphatic rings. The van der Waals surface area contributed by atoms with Gasteiger partial charge in [-0.2, -0.15) is 8.75 Å². The van der Waals surface area contributed by atoms with Crippen molar-refractivity contribution in [1.29, 1.82) is 0 Å². The normalized spacial score (nSPS) is 12.1. The molecular weight excluding hydrogens is 329 g/mol. The van der Waals surface area contributed by atoms with Gasteiger partial charge in [-0.05, 0) is 36.2 Å².